The molecule has 0 aliphatic heterocycles. The van der Waals surface area contributed by atoms with Crippen LogP contribution in [-0.4, -0.2) is 23.9 Å². The lowest BCUT2D eigenvalue weighted by Crippen LogP contribution is -2.40. The van der Waals surface area contributed by atoms with E-state index in [0.717, 1.165) is 0 Å². The largest absolute Gasteiger partial charge is 0.390 e. The molecule has 0 aromatic heterocycles. The van der Waals surface area contributed by atoms with Crippen molar-refractivity contribution in [3.8, 4) is 0 Å². The molecule has 1 N–H and O–H groups in total. The predicted octanol–water partition coefficient (Wildman–Crippen LogP) is 2.99. The van der Waals surface area contributed by atoms with Crippen LogP contribution < -0.4 is 0 Å². The second kappa shape index (κ2) is 6.49. The topological polar surface area (TPSA) is 29.5 Å². The van der Waals surface area contributed by atoms with Crippen molar-refractivity contribution in [2.24, 2.45) is 11.8 Å². The number of aliphatic hydroxyl groups is 1. The van der Waals surface area contributed by atoms with E-state index in [1.807, 2.05) is 6.92 Å². The highest BCUT2D eigenvalue weighted by Gasteiger charge is 2.30. The third kappa shape index (κ3) is 3.76. The Morgan fingerprint density at radius 3 is 2.27 bits per heavy atom. The number of rotatable bonds is 5. The molecule has 2 unspecified atom stereocenters. The molecule has 1 fully saturated rings. The van der Waals surface area contributed by atoms with Crippen LogP contribution in [0.1, 0.15) is 52.9 Å². The molecule has 0 radical (unpaired) electrons. The van der Waals surface area contributed by atoms with Crippen LogP contribution in [0.15, 0.2) is 0 Å². The highest BCUT2D eigenvalue weighted by Crippen LogP contribution is 2.30. The van der Waals surface area contributed by atoms with Crippen LogP contribution in [-0.2, 0) is 4.74 Å². The van der Waals surface area contributed by atoms with Crippen LogP contribution in [0.4, 0.5) is 0 Å². The van der Waals surface area contributed by atoms with E-state index >= 15 is 0 Å². The van der Waals surface area contributed by atoms with Crippen LogP contribution in [0, 0.1) is 11.8 Å². The molecule has 0 aromatic rings. The number of aliphatic hydroxyl groups excluding tert-OH is 1. The molecule has 0 bridgehead atoms. The highest BCUT2D eigenvalue weighted by atomic mass is 16.5. The summed E-state index contributed by atoms with van der Waals surface area (Å²) in [5.41, 5.74) is 0. The van der Waals surface area contributed by atoms with Crippen LogP contribution in [0.5, 0.6) is 0 Å². The van der Waals surface area contributed by atoms with Crippen LogP contribution in [0.25, 0.3) is 0 Å². The maximum atomic E-state index is 10.3. The zero-order valence-corrected chi connectivity index (χ0v) is 10.4. The Morgan fingerprint density at radius 1 is 1.20 bits per heavy atom. The molecular weight excluding hydrogens is 188 g/mol. The lowest BCUT2D eigenvalue weighted by atomic mass is 9.81. The van der Waals surface area contributed by atoms with Crippen molar-refractivity contribution < 1.29 is 9.84 Å². The Hall–Kier alpha value is -0.0800. The standard InChI is InChI=1S/C13H26O2/c1-4-15-13(10(2)3)12(14)11-8-6-5-7-9-11/h10-14H,4-9H2,1-3H3. The highest BCUT2D eigenvalue weighted by molar-refractivity contribution is 4.81. The first kappa shape index (κ1) is 13.0. The zero-order valence-electron chi connectivity index (χ0n) is 10.4. The van der Waals surface area contributed by atoms with Crippen LogP contribution in [0.2, 0.25) is 0 Å². The van der Waals surface area contributed by atoms with E-state index in [2.05, 4.69) is 13.8 Å². The second-order valence-corrected chi connectivity index (χ2v) is 5.05. The minimum Gasteiger partial charge on any atom is -0.390 e. The van der Waals surface area contributed by atoms with Gasteiger partial charge in [0.1, 0.15) is 0 Å². The quantitative estimate of drug-likeness (QED) is 0.762. The summed E-state index contributed by atoms with van der Waals surface area (Å²) in [6, 6.07) is 0. The second-order valence-electron chi connectivity index (χ2n) is 5.05. The Balaban J connectivity index is 2.49. The first-order valence-corrected chi connectivity index (χ1v) is 6.46. The van der Waals surface area contributed by atoms with Gasteiger partial charge in [-0.25, -0.2) is 0 Å². The van der Waals surface area contributed by atoms with E-state index in [1.54, 1.807) is 0 Å². The van der Waals surface area contributed by atoms with Gasteiger partial charge < -0.3 is 9.84 Å². The van der Waals surface area contributed by atoms with Crippen molar-refractivity contribution >= 4 is 0 Å². The van der Waals surface area contributed by atoms with E-state index < -0.39 is 0 Å². The van der Waals surface area contributed by atoms with Crippen molar-refractivity contribution in [3.63, 3.8) is 0 Å². The fraction of sp³-hybridized carbons (Fsp3) is 1.00. The SMILES string of the molecule is CCOC(C(C)C)C(O)C1CCCCC1. The molecule has 15 heavy (non-hydrogen) atoms. The molecule has 0 saturated heterocycles. The summed E-state index contributed by atoms with van der Waals surface area (Å²) in [5, 5.41) is 10.3. The molecule has 90 valence electrons. The number of hydrogen-bond donors (Lipinski definition) is 1. The predicted molar refractivity (Wildman–Crippen MR) is 62.8 cm³/mol. The molecule has 2 atom stereocenters. The Labute approximate surface area is 94.0 Å². The van der Waals surface area contributed by atoms with Crippen molar-refractivity contribution in [2.45, 2.75) is 65.1 Å². The van der Waals surface area contributed by atoms with E-state index in [-0.39, 0.29) is 12.2 Å². The van der Waals surface area contributed by atoms with Crippen LogP contribution >= 0.6 is 0 Å². The first-order chi connectivity index (χ1) is 7.16. The van der Waals surface area contributed by atoms with Crippen molar-refractivity contribution in [1.29, 1.82) is 0 Å². The smallest absolute Gasteiger partial charge is 0.0859 e. The zero-order chi connectivity index (χ0) is 11.3. The summed E-state index contributed by atoms with van der Waals surface area (Å²) in [6.07, 6.45) is 6.01. The molecule has 2 nitrogen and oxygen atoms in total. The molecule has 0 aromatic carbocycles. The van der Waals surface area contributed by atoms with Crippen molar-refractivity contribution in [2.75, 3.05) is 6.61 Å². The maximum absolute atomic E-state index is 10.3. The molecule has 0 heterocycles. The van der Waals surface area contributed by atoms with Crippen molar-refractivity contribution in [1.82, 2.24) is 0 Å². The lowest BCUT2D eigenvalue weighted by molar-refractivity contribution is -0.0854. The summed E-state index contributed by atoms with van der Waals surface area (Å²) < 4.78 is 5.67. The van der Waals surface area contributed by atoms with E-state index in [1.165, 1.54) is 32.1 Å². The minimum atomic E-state index is -0.259. The van der Waals surface area contributed by atoms with Gasteiger partial charge in [0, 0.05) is 6.61 Å². The summed E-state index contributed by atoms with van der Waals surface area (Å²) in [4.78, 5) is 0. The molecule has 1 saturated carbocycles. The molecule has 0 spiro atoms. The molecule has 2 heteroatoms. The van der Waals surface area contributed by atoms with Gasteiger partial charge in [-0.3, -0.25) is 0 Å². The van der Waals surface area contributed by atoms with E-state index in [0.29, 0.717) is 18.4 Å². The summed E-state index contributed by atoms with van der Waals surface area (Å²) in [6.45, 7) is 6.97. The maximum Gasteiger partial charge on any atom is 0.0859 e. The average molecular weight is 214 g/mol. The summed E-state index contributed by atoms with van der Waals surface area (Å²) in [5.74, 6) is 0.875. The van der Waals surface area contributed by atoms with Gasteiger partial charge in [0.25, 0.3) is 0 Å². The fourth-order valence-corrected chi connectivity index (χ4v) is 2.62. The minimum absolute atomic E-state index is 0.0260. The third-order valence-corrected chi connectivity index (χ3v) is 3.49. The summed E-state index contributed by atoms with van der Waals surface area (Å²) in [7, 11) is 0. The van der Waals surface area contributed by atoms with Gasteiger partial charge in [0.2, 0.25) is 0 Å². The Bertz CT molecular complexity index is 162. The summed E-state index contributed by atoms with van der Waals surface area (Å²) >= 11 is 0. The lowest BCUT2D eigenvalue weighted by Gasteiger charge is -2.34. The van der Waals surface area contributed by atoms with Gasteiger partial charge in [-0.1, -0.05) is 33.1 Å². The van der Waals surface area contributed by atoms with Gasteiger partial charge in [0.15, 0.2) is 0 Å². The normalized spacial score (nSPS) is 23.0. The van der Waals surface area contributed by atoms with Gasteiger partial charge in [0.05, 0.1) is 12.2 Å². The monoisotopic (exact) mass is 214 g/mol. The van der Waals surface area contributed by atoms with Gasteiger partial charge in [-0.05, 0) is 31.6 Å². The van der Waals surface area contributed by atoms with Crippen molar-refractivity contribution in [3.05, 3.63) is 0 Å². The first-order valence-electron chi connectivity index (χ1n) is 6.46. The molecule has 1 aliphatic carbocycles. The average Bonchev–Trinajstić information content (AvgIpc) is 2.26. The Morgan fingerprint density at radius 2 is 1.80 bits per heavy atom. The van der Waals surface area contributed by atoms with Gasteiger partial charge in [-0.15, -0.1) is 0 Å². The number of ether oxygens (including phenoxy) is 1. The van der Waals surface area contributed by atoms with E-state index in [9.17, 15) is 5.11 Å². The van der Waals surface area contributed by atoms with Crippen LogP contribution in [0.3, 0.4) is 0 Å². The molecule has 0 amide bonds. The molecule has 1 aliphatic rings. The molecular formula is C13H26O2. The third-order valence-electron chi connectivity index (χ3n) is 3.49. The Kier molecular flexibility index (Phi) is 5.62. The van der Waals surface area contributed by atoms with Gasteiger partial charge in [-0.2, -0.15) is 0 Å². The molecule has 1 rings (SSSR count). The van der Waals surface area contributed by atoms with Gasteiger partial charge >= 0.3 is 0 Å². The fourth-order valence-electron chi connectivity index (χ4n) is 2.62. The van der Waals surface area contributed by atoms with E-state index in [4.69, 9.17) is 4.74 Å². The number of hydrogen-bond acceptors (Lipinski definition) is 2.